The first-order valence-corrected chi connectivity index (χ1v) is 13.9. The third kappa shape index (κ3) is 6.68. The van der Waals surface area contributed by atoms with Crippen LogP contribution in [0.25, 0.3) is 0 Å². The van der Waals surface area contributed by atoms with Crippen molar-refractivity contribution in [3.8, 4) is 0 Å². The Morgan fingerprint density at radius 2 is 1.60 bits per heavy atom. The molecule has 0 aromatic heterocycles. The predicted molar refractivity (Wildman–Crippen MR) is 150 cm³/mol. The highest BCUT2D eigenvalue weighted by Crippen LogP contribution is 2.31. The second kappa shape index (κ2) is 13.5. The smallest absolute Gasteiger partial charge is 0.247 e. The van der Waals surface area contributed by atoms with Gasteiger partial charge < -0.3 is 30.9 Å². The highest BCUT2D eigenvalue weighted by molar-refractivity contribution is 5.94. The van der Waals surface area contributed by atoms with E-state index in [1.165, 1.54) is 4.90 Å². The zero-order chi connectivity index (χ0) is 28.6. The number of aliphatic hydroxyl groups is 1. The first-order valence-electron chi connectivity index (χ1n) is 13.9. The summed E-state index contributed by atoms with van der Waals surface area (Å²) in [6.07, 6.45) is 1.56. The van der Waals surface area contributed by atoms with Crippen molar-refractivity contribution >= 4 is 23.6 Å². The van der Waals surface area contributed by atoms with Gasteiger partial charge in [-0.25, -0.2) is 0 Å². The molecule has 2 aliphatic rings. The van der Waals surface area contributed by atoms with Crippen LogP contribution in [-0.2, 0) is 19.2 Å². The molecule has 0 aliphatic carbocycles. The molecule has 0 saturated carbocycles. The van der Waals surface area contributed by atoms with Crippen molar-refractivity contribution < 1.29 is 24.3 Å². The van der Waals surface area contributed by atoms with Gasteiger partial charge in [0.2, 0.25) is 23.6 Å². The number of fused-ring (bicyclic) bond motifs is 1. The maximum Gasteiger partial charge on any atom is 0.247 e. The first-order chi connectivity index (χ1) is 19.3. The van der Waals surface area contributed by atoms with E-state index in [9.17, 15) is 24.3 Å². The number of hydrogen-bond acceptors (Lipinski definition) is 6. The van der Waals surface area contributed by atoms with Gasteiger partial charge in [-0.05, 0) is 44.4 Å². The molecule has 0 radical (unpaired) electrons. The lowest BCUT2D eigenvalue weighted by atomic mass is 9.98. The fraction of sp³-hybridized carbons (Fsp3) is 0.467. The van der Waals surface area contributed by atoms with E-state index in [-0.39, 0.29) is 49.2 Å². The number of carbonyl (C=O) groups excluding carboxylic acids is 4. The van der Waals surface area contributed by atoms with Gasteiger partial charge in [-0.1, -0.05) is 60.7 Å². The largest absolute Gasteiger partial charge is 0.396 e. The SMILES string of the molecule is CN[C@@H](C)C(=O)N[C@H]1CN(C(=O)CCO)CC[C@H]2CC[C@@H](C(=O)NC(c3ccccc3)c3ccccc3)N2C1=O. The van der Waals surface area contributed by atoms with Crippen molar-refractivity contribution in [3.05, 3.63) is 71.8 Å². The van der Waals surface area contributed by atoms with Crippen LogP contribution in [0.1, 0.15) is 49.8 Å². The monoisotopic (exact) mass is 549 g/mol. The van der Waals surface area contributed by atoms with E-state index >= 15 is 0 Å². The molecule has 0 spiro atoms. The van der Waals surface area contributed by atoms with Crippen molar-refractivity contribution in [2.45, 2.75) is 62.8 Å². The zero-order valence-corrected chi connectivity index (χ0v) is 23.1. The van der Waals surface area contributed by atoms with Crippen LogP contribution >= 0.6 is 0 Å². The van der Waals surface area contributed by atoms with Crippen molar-refractivity contribution in [1.82, 2.24) is 25.8 Å². The lowest BCUT2D eigenvalue weighted by Crippen LogP contribution is -2.62. The second-order valence-corrected chi connectivity index (χ2v) is 10.4. The third-order valence-corrected chi connectivity index (χ3v) is 7.87. The van der Waals surface area contributed by atoms with Crippen molar-refractivity contribution in [2.24, 2.45) is 0 Å². The number of amides is 4. The minimum Gasteiger partial charge on any atom is -0.396 e. The Balaban J connectivity index is 1.60. The Morgan fingerprint density at radius 3 is 2.17 bits per heavy atom. The Bertz CT molecular complexity index is 1140. The maximum atomic E-state index is 14.0. The van der Waals surface area contributed by atoms with Gasteiger partial charge in [0, 0.05) is 25.6 Å². The molecule has 4 atom stereocenters. The lowest BCUT2D eigenvalue weighted by Gasteiger charge is -2.39. The summed E-state index contributed by atoms with van der Waals surface area (Å²) in [5.41, 5.74) is 1.86. The summed E-state index contributed by atoms with van der Waals surface area (Å²) in [7, 11) is 1.65. The van der Waals surface area contributed by atoms with E-state index in [0.717, 1.165) is 11.1 Å². The highest BCUT2D eigenvalue weighted by atomic mass is 16.3. The molecule has 4 amide bonds. The van der Waals surface area contributed by atoms with Crippen molar-refractivity contribution in [2.75, 3.05) is 26.7 Å². The van der Waals surface area contributed by atoms with Gasteiger partial charge in [0.25, 0.3) is 0 Å². The summed E-state index contributed by atoms with van der Waals surface area (Å²) in [4.78, 5) is 56.5. The number of hydrogen-bond donors (Lipinski definition) is 4. The normalized spacial score (nSPS) is 21.8. The molecular formula is C30H39N5O5. The number of nitrogens with one attached hydrogen (secondary N) is 3. The van der Waals surface area contributed by atoms with Crippen molar-refractivity contribution in [3.63, 3.8) is 0 Å². The van der Waals surface area contributed by atoms with Gasteiger partial charge in [-0.2, -0.15) is 0 Å². The minimum absolute atomic E-state index is 0.0198. The van der Waals surface area contributed by atoms with Gasteiger partial charge >= 0.3 is 0 Å². The van der Waals surface area contributed by atoms with Crippen LogP contribution in [0, 0.1) is 0 Å². The molecule has 4 N–H and O–H groups in total. The molecule has 2 aromatic rings. The Morgan fingerprint density at radius 1 is 0.975 bits per heavy atom. The van der Waals surface area contributed by atoms with Crippen LogP contribution in [0.2, 0.25) is 0 Å². The third-order valence-electron chi connectivity index (χ3n) is 7.87. The van der Waals surface area contributed by atoms with Crippen LogP contribution in [-0.4, -0.2) is 89.4 Å². The molecule has 0 unspecified atom stereocenters. The number of benzene rings is 2. The van der Waals surface area contributed by atoms with E-state index in [1.807, 2.05) is 60.7 Å². The van der Waals surface area contributed by atoms with Crippen LogP contribution in [0.15, 0.2) is 60.7 Å². The molecule has 2 aromatic carbocycles. The minimum atomic E-state index is -1.01. The second-order valence-electron chi connectivity index (χ2n) is 10.4. The average molecular weight is 550 g/mol. The van der Waals surface area contributed by atoms with Crippen LogP contribution in [0.4, 0.5) is 0 Å². The summed E-state index contributed by atoms with van der Waals surface area (Å²) in [5.74, 6) is -1.28. The first kappa shape index (κ1) is 29.2. The standard InChI is InChI=1S/C30H39N5O5/c1-20(31-2)28(38)32-24-19-34(26(37)16-18-36)17-15-23-13-14-25(35(23)30(24)40)29(39)33-27(21-9-5-3-6-10-21)22-11-7-4-8-12-22/h3-12,20,23-25,27,31,36H,13-19H2,1-2H3,(H,32,38)(H,33,39)/t20-,23+,24-,25-/m0/s1. The molecular weight excluding hydrogens is 510 g/mol. The molecule has 40 heavy (non-hydrogen) atoms. The summed E-state index contributed by atoms with van der Waals surface area (Å²) in [6, 6.07) is 16.5. The summed E-state index contributed by atoms with van der Waals surface area (Å²) < 4.78 is 0. The lowest BCUT2D eigenvalue weighted by molar-refractivity contribution is -0.147. The van der Waals surface area contributed by atoms with Gasteiger partial charge in [0.15, 0.2) is 0 Å². The van der Waals surface area contributed by atoms with Gasteiger partial charge in [-0.15, -0.1) is 0 Å². The molecule has 2 aliphatic heterocycles. The molecule has 2 saturated heterocycles. The Hall–Kier alpha value is -3.76. The average Bonchev–Trinajstić information content (AvgIpc) is 3.40. The molecule has 4 rings (SSSR count). The number of rotatable bonds is 9. The Labute approximate surface area is 235 Å². The van der Waals surface area contributed by atoms with Gasteiger partial charge in [0.05, 0.1) is 18.7 Å². The van der Waals surface area contributed by atoms with E-state index in [2.05, 4.69) is 16.0 Å². The molecule has 0 bridgehead atoms. The predicted octanol–water partition coefficient (Wildman–Crippen LogP) is 0.959. The van der Waals surface area contributed by atoms with Crippen molar-refractivity contribution in [1.29, 1.82) is 0 Å². The Kier molecular flexibility index (Phi) is 9.89. The molecule has 2 heterocycles. The maximum absolute atomic E-state index is 14.0. The zero-order valence-electron chi connectivity index (χ0n) is 23.1. The summed E-state index contributed by atoms with van der Waals surface area (Å²) in [6.45, 7) is 1.73. The van der Waals surface area contributed by atoms with E-state index in [0.29, 0.717) is 25.8 Å². The molecule has 10 heteroatoms. The fourth-order valence-corrected chi connectivity index (χ4v) is 5.54. The number of nitrogens with zero attached hydrogens (tertiary/aromatic N) is 2. The van der Waals surface area contributed by atoms with E-state index in [4.69, 9.17) is 0 Å². The number of aliphatic hydroxyl groups excluding tert-OH is 1. The van der Waals surface area contributed by atoms with E-state index < -0.39 is 24.2 Å². The number of likely N-dealkylation sites (N-methyl/N-ethyl adjacent to an activating group) is 1. The van der Waals surface area contributed by atoms with Crippen LogP contribution < -0.4 is 16.0 Å². The molecule has 214 valence electrons. The topological polar surface area (TPSA) is 131 Å². The molecule has 2 fully saturated rings. The quantitative estimate of drug-likeness (QED) is 0.369. The van der Waals surface area contributed by atoms with Gasteiger partial charge in [0.1, 0.15) is 12.1 Å². The number of carbonyl (C=O) groups is 4. The summed E-state index contributed by atoms with van der Waals surface area (Å²) in [5, 5.41) is 18.1. The van der Waals surface area contributed by atoms with Crippen LogP contribution in [0.5, 0.6) is 0 Å². The summed E-state index contributed by atoms with van der Waals surface area (Å²) >= 11 is 0. The van der Waals surface area contributed by atoms with Crippen LogP contribution in [0.3, 0.4) is 0 Å². The van der Waals surface area contributed by atoms with Gasteiger partial charge in [-0.3, -0.25) is 19.2 Å². The fourth-order valence-electron chi connectivity index (χ4n) is 5.54. The molecule has 10 nitrogen and oxygen atoms in total. The van der Waals surface area contributed by atoms with E-state index in [1.54, 1.807) is 18.9 Å². The highest BCUT2D eigenvalue weighted by Gasteiger charge is 2.45.